The fourth-order valence-corrected chi connectivity index (χ4v) is 2.17. The number of hydrogen-bond donors (Lipinski definition) is 0. The fraction of sp³-hybridized carbons (Fsp3) is 0.429. The second-order valence-electron chi connectivity index (χ2n) is 4.81. The van der Waals surface area contributed by atoms with Crippen molar-refractivity contribution >= 4 is 0 Å². The van der Waals surface area contributed by atoms with Gasteiger partial charge in [0, 0.05) is 7.11 Å². The molecule has 5 nitrogen and oxygen atoms in total. The van der Waals surface area contributed by atoms with E-state index in [2.05, 4.69) is 11.1 Å². The summed E-state index contributed by atoms with van der Waals surface area (Å²) in [6.07, 6.45) is 1.57. The van der Waals surface area contributed by atoms with E-state index in [1.807, 2.05) is 32.9 Å². The highest BCUT2D eigenvalue weighted by atomic mass is 16.5. The summed E-state index contributed by atoms with van der Waals surface area (Å²) in [7, 11) is 1.63. The van der Waals surface area contributed by atoms with Crippen molar-refractivity contribution in [1.29, 1.82) is 0 Å². The first-order valence-corrected chi connectivity index (χ1v) is 6.27. The zero-order valence-electron chi connectivity index (χ0n) is 11.8. The number of aromatic nitrogens is 3. The average molecular weight is 261 g/mol. The Labute approximate surface area is 112 Å². The summed E-state index contributed by atoms with van der Waals surface area (Å²) < 4.78 is 8.54. The predicted octanol–water partition coefficient (Wildman–Crippen LogP) is 1.86. The van der Waals surface area contributed by atoms with Crippen LogP contribution in [0.4, 0.5) is 0 Å². The number of aryl methyl sites for hydroxylation is 2. The minimum Gasteiger partial charge on any atom is -0.382 e. The van der Waals surface area contributed by atoms with Crippen molar-refractivity contribution in [2.45, 2.75) is 26.8 Å². The van der Waals surface area contributed by atoms with E-state index in [-0.39, 0.29) is 11.7 Å². The van der Waals surface area contributed by atoms with E-state index in [0.717, 1.165) is 16.8 Å². The van der Waals surface area contributed by atoms with Crippen LogP contribution in [0.5, 0.6) is 0 Å². The molecule has 0 aliphatic carbocycles. The molecule has 2 rings (SSSR count). The van der Waals surface area contributed by atoms with E-state index < -0.39 is 0 Å². The van der Waals surface area contributed by atoms with Gasteiger partial charge in [0.05, 0.1) is 18.3 Å². The van der Waals surface area contributed by atoms with Gasteiger partial charge >= 0.3 is 5.69 Å². The van der Waals surface area contributed by atoms with Crippen LogP contribution in [0.3, 0.4) is 0 Å². The van der Waals surface area contributed by atoms with E-state index in [0.29, 0.717) is 6.61 Å². The lowest BCUT2D eigenvalue weighted by Gasteiger charge is -2.18. The molecule has 1 unspecified atom stereocenters. The number of ether oxygens (including phenoxy) is 1. The summed E-state index contributed by atoms with van der Waals surface area (Å²) in [5.74, 6) is 0. The molecule has 5 heteroatoms. The second-order valence-corrected chi connectivity index (χ2v) is 4.81. The van der Waals surface area contributed by atoms with Crippen molar-refractivity contribution in [3.8, 4) is 5.69 Å². The Kier molecular flexibility index (Phi) is 3.85. The number of methoxy groups -OCH3 is 1. The van der Waals surface area contributed by atoms with Gasteiger partial charge in [0.15, 0.2) is 0 Å². The molecule has 0 spiro atoms. The fourth-order valence-electron chi connectivity index (χ4n) is 2.17. The Morgan fingerprint density at radius 3 is 2.79 bits per heavy atom. The standard InChI is InChI=1S/C14H19N3O2/c1-10-5-6-11(2)13(7-10)16-9-15-14(18)17(16)12(3)8-19-4/h5-7,9,12H,8H2,1-4H3. The lowest BCUT2D eigenvalue weighted by molar-refractivity contribution is 0.152. The van der Waals surface area contributed by atoms with Crippen LogP contribution in [0.2, 0.25) is 0 Å². The Morgan fingerprint density at radius 2 is 2.11 bits per heavy atom. The van der Waals surface area contributed by atoms with E-state index in [9.17, 15) is 4.79 Å². The van der Waals surface area contributed by atoms with Crippen molar-refractivity contribution in [2.24, 2.45) is 0 Å². The Balaban J connectivity index is 2.57. The Hall–Kier alpha value is -1.88. The maximum Gasteiger partial charge on any atom is 0.364 e. The quantitative estimate of drug-likeness (QED) is 0.844. The second kappa shape index (κ2) is 5.40. The lowest BCUT2D eigenvalue weighted by atomic mass is 10.1. The third kappa shape index (κ3) is 2.61. The van der Waals surface area contributed by atoms with Crippen LogP contribution in [0.25, 0.3) is 5.69 Å². The average Bonchev–Trinajstić information content (AvgIpc) is 2.74. The van der Waals surface area contributed by atoms with Crippen LogP contribution in [0.15, 0.2) is 29.3 Å². The summed E-state index contributed by atoms with van der Waals surface area (Å²) in [6.45, 7) is 6.45. The lowest BCUT2D eigenvalue weighted by Crippen LogP contribution is -2.29. The third-order valence-corrected chi connectivity index (χ3v) is 3.14. The molecule has 0 amide bonds. The van der Waals surface area contributed by atoms with Crippen molar-refractivity contribution in [3.63, 3.8) is 0 Å². The number of nitrogens with zero attached hydrogens (tertiary/aromatic N) is 3. The molecular weight excluding hydrogens is 242 g/mol. The third-order valence-electron chi connectivity index (χ3n) is 3.14. The molecule has 0 saturated carbocycles. The van der Waals surface area contributed by atoms with Gasteiger partial charge in [-0.15, -0.1) is 0 Å². The minimum atomic E-state index is -0.259. The van der Waals surface area contributed by atoms with Crippen molar-refractivity contribution in [2.75, 3.05) is 13.7 Å². The smallest absolute Gasteiger partial charge is 0.364 e. The number of hydrogen-bond acceptors (Lipinski definition) is 3. The molecule has 0 aliphatic heterocycles. The summed E-state index contributed by atoms with van der Waals surface area (Å²) in [4.78, 5) is 15.8. The van der Waals surface area contributed by atoms with E-state index in [1.165, 1.54) is 0 Å². The van der Waals surface area contributed by atoms with Crippen LogP contribution in [0.1, 0.15) is 24.1 Å². The molecule has 0 radical (unpaired) electrons. The van der Waals surface area contributed by atoms with Crippen LogP contribution >= 0.6 is 0 Å². The van der Waals surface area contributed by atoms with Gasteiger partial charge in [-0.3, -0.25) is 0 Å². The van der Waals surface area contributed by atoms with E-state index in [4.69, 9.17) is 4.74 Å². The number of rotatable bonds is 4. The molecule has 1 aromatic heterocycles. The summed E-state index contributed by atoms with van der Waals surface area (Å²) in [5.41, 5.74) is 2.96. The minimum absolute atomic E-state index is 0.0695. The van der Waals surface area contributed by atoms with Crippen LogP contribution < -0.4 is 5.69 Å². The molecule has 102 valence electrons. The van der Waals surface area contributed by atoms with Gasteiger partial charge in [-0.1, -0.05) is 12.1 Å². The first-order valence-electron chi connectivity index (χ1n) is 6.27. The molecular formula is C14H19N3O2. The Morgan fingerprint density at radius 1 is 1.37 bits per heavy atom. The van der Waals surface area contributed by atoms with Gasteiger partial charge in [-0.25, -0.2) is 14.2 Å². The van der Waals surface area contributed by atoms with Gasteiger partial charge in [-0.05, 0) is 38.0 Å². The summed E-state index contributed by atoms with van der Waals surface area (Å²) in [6, 6.07) is 6.07. The van der Waals surface area contributed by atoms with Gasteiger partial charge in [0.25, 0.3) is 0 Å². The predicted molar refractivity (Wildman–Crippen MR) is 73.9 cm³/mol. The highest BCUT2D eigenvalue weighted by Crippen LogP contribution is 2.16. The zero-order chi connectivity index (χ0) is 14.0. The molecule has 0 N–H and O–H groups in total. The largest absolute Gasteiger partial charge is 0.382 e. The van der Waals surface area contributed by atoms with E-state index in [1.54, 1.807) is 22.8 Å². The first kappa shape index (κ1) is 13.5. The van der Waals surface area contributed by atoms with Crippen molar-refractivity contribution in [3.05, 3.63) is 46.1 Å². The number of benzene rings is 1. The molecule has 0 aliphatic rings. The molecule has 0 fully saturated rings. The molecule has 0 saturated heterocycles. The summed E-state index contributed by atoms with van der Waals surface area (Å²) in [5, 5.41) is 0. The molecule has 1 atom stereocenters. The first-order chi connectivity index (χ1) is 9.04. The van der Waals surface area contributed by atoms with Crippen molar-refractivity contribution in [1.82, 2.24) is 14.3 Å². The van der Waals surface area contributed by atoms with Crippen molar-refractivity contribution < 1.29 is 4.74 Å². The zero-order valence-corrected chi connectivity index (χ0v) is 11.8. The SMILES string of the molecule is COCC(C)n1c(=O)ncn1-c1cc(C)ccc1C. The van der Waals surface area contributed by atoms with Gasteiger partial charge in [0.2, 0.25) is 0 Å². The summed E-state index contributed by atoms with van der Waals surface area (Å²) >= 11 is 0. The molecule has 19 heavy (non-hydrogen) atoms. The monoisotopic (exact) mass is 261 g/mol. The van der Waals surface area contributed by atoms with E-state index >= 15 is 0 Å². The molecule has 0 bridgehead atoms. The highest BCUT2D eigenvalue weighted by Gasteiger charge is 2.14. The molecule has 1 heterocycles. The normalized spacial score (nSPS) is 12.6. The van der Waals surface area contributed by atoms with Gasteiger partial charge in [-0.2, -0.15) is 4.98 Å². The molecule has 2 aromatic rings. The Bertz CT molecular complexity index is 628. The van der Waals surface area contributed by atoms with Gasteiger partial charge in [0.1, 0.15) is 6.33 Å². The maximum absolute atomic E-state index is 11.9. The van der Waals surface area contributed by atoms with Crippen LogP contribution in [-0.4, -0.2) is 28.1 Å². The topological polar surface area (TPSA) is 49.1 Å². The van der Waals surface area contributed by atoms with Crippen LogP contribution in [0, 0.1) is 13.8 Å². The molecule has 1 aromatic carbocycles. The van der Waals surface area contributed by atoms with Gasteiger partial charge < -0.3 is 4.74 Å². The van der Waals surface area contributed by atoms with Crippen LogP contribution in [-0.2, 0) is 4.74 Å². The maximum atomic E-state index is 11.9. The highest BCUT2D eigenvalue weighted by molar-refractivity contribution is 5.42.